The van der Waals surface area contributed by atoms with Gasteiger partial charge in [0.15, 0.2) is 5.58 Å². The maximum atomic E-state index is 12.8. The minimum absolute atomic E-state index is 0.0756. The van der Waals surface area contributed by atoms with Crippen molar-refractivity contribution in [3.63, 3.8) is 0 Å². The van der Waals surface area contributed by atoms with E-state index < -0.39 is 11.4 Å². The number of piperazine rings is 1. The predicted octanol–water partition coefficient (Wildman–Crippen LogP) is 1.60. The van der Waals surface area contributed by atoms with E-state index >= 15 is 0 Å². The molecule has 0 radical (unpaired) electrons. The number of aromatic nitrogens is 1. The monoisotopic (exact) mass is 407 g/mol. The van der Waals surface area contributed by atoms with Crippen LogP contribution >= 0.6 is 0 Å². The number of carbonyl (C=O) groups is 2. The highest BCUT2D eigenvalue weighted by Gasteiger charge is 2.50. The summed E-state index contributed by atoms with van der Waals surface area (Å²) < 4.78 is 5.02. The number of fused-ring (bicyclic) bond motifs is 1. The fourth-order valence-electron chi connectivity index (χ4n) is 3.86. The second-order valence-electron chi connectivity index (χ2n) is 7.92. The lowest BCUT2D eigenvalue weighted by atomic mass is 10.0. The number of H-pyrrole nitrogens is 1. The summed E-state index contributed by atoms with van der Waals surface area (Å²) in [5.41, 5.74) is 2.38. The van der Waals surface area contributed by atoms with Crippen molar-refractivity contribution in [2.45, 2.75) is 18.4 Å². The highest BCUT2D eigenvalue weighted by molar-refractivity contribution is 5.95. The first-order valence-electron chi connectivity index (χ1n) is 9.97. The van der Waals surface area contributed by atoms with Crippen LogP contribution in [0.15, 0.2) is 51.7 Å². The second-order valence-corrected chi connectivity index (χ2v) is 7.92. The molecular formula is C22H21N3O5. The lowest BCUT2D eigenvalue weighted by Gasteiger charge is -2.35. The van der Waals surface area contributed by atoms with Crippen LogP contribution in [0.3, 0.4) is 0 Å². The standard InChI is InChI=1S/C22H21N3O5/c26-19(24-9-11-25(12-10-24)20(27)22(29)7-8-22)15-3-1-14(2-4-15)16-5-6-18-17(13-16)23-21(28)30-18/h1-6,13,29H,7-12H2,(H,23,28). The van der Waals surface area contributed by atoms with Gasteiger partial charge in [0.05, 0.1) is 5.52 Å². The van der Waals surface area contributed by atoms with Crippen molar-refractivity contribution in [2.24, 2.45) is 0 Å². The molecule has 2 heterocycles. The molecule has 2 N–H and O–H groups in total. The molecule has 3 aromatic rings. The second kappa shape index (κ2) is 6.84. The molecule has 8 heteroatoms. The molecule has 1 aliphatic heterocycles. The van der Waals surface area contributed by atoms with Gasteiger partial charge in [-0.25, -0.2) is 4.79 Å². The van der Waals surface area contributed by atoms with Crippen LogP contribution in [0.2, 0.25) is 0 Å². The van der Waals surface area contributed by atoms with Gasteiger partial charge in [-0.05, 0) is 48.2 Å². The first kappa shape index (κ1) is 18.6. The van der Waals surface area contributed by atoms with E-state index in [1.165, 1.54) is 0 Å². The number of amides is 2. The summed E-state index contributed by atoms with van der Waals surface area (Å²) in [6.45, 7) is 1.78. The van der Waals surface area contributed by atoms with Gasteiger partial charge in [-0.2, -0.15) is 0 Å². The average Bonchev–Trinajstić information content (AvgIpc) is 3.41. The minimum atomic E-state index is -1.16. The first-order valence-corrected chi connectivity index (χ1v) is 9.97. The average molecular weight is 407 g/mol. The Hall–Kier alpha value is -3.39. The Morgan fingerprint density at radius 2 is 1.57 bits per heavy atom. The van der Waals surface area contributed by atoms with Gasteiger partial charge in [0.25, 0.3) is 11.8 Å². The topological polar surface area (TPSA) is 107 Å². The van der Waals surface area contributed by atoms with Gasteiger partial charge in [0.1, 0.15) is 5.60 Å². The maximum Gasteiger partial charge on any atom is 0.417 e. The minimum Gasteiger partial charge on any atom is -0.408 e. The van der Waals surface area contributed by atoms with Crippen LogP contribution in [-0.2, 0) is 4.79 Å². The quantitative estimate of drug-likeness (QED) is 0.686. The van der Waals surface area contributed by atoms with Crippen molar-refractivity contribution < 1.29 is 19.1 Å². The van der Waals surface area contributed by atoms with E-state index in [0.29, 0.717) is 55.7 Å². The molecule has 1 aliphatic carbocycles. The molecule has 30 heavy (non-hydrogen) atoms. The molecule has 0 unspecified atom stereocenters. The molecule has 0 spiro atoms. The van der Waals surface area contributed by atoms with E-state index in [-0.39, 0.29) is 11.8 Å². The molecule has 8 nitrogen and oxygen atoms in total. The summed E-state index contributed by atoms with van der Waals surface area (Å²) in [7, 11) is 0. The number of nitrogens with zero attached hydrogens (tertiary/aromatic N) is 2. The predicted molar refractivity (Wildman–Crippen MR) is 109 cm³/mol. The van der Waals surface area contributed by atoms with Gasteiger partial charge >= 0.3 is 5.76 Å². The molecule has 1 saturated heterocycles. The molecule has 0 atom stereocenters. The summed E-state index contributed by atoms with van der Waals surface area (Å²) in [4.78, 5) is 42.4. The molecule has 2 aromatic carbocycles. The van der Waals surface area contributed by atoms with Crippen LogP contribution < -0.4 is 5.76 Å². The Morgan fingerprint density at radius 1 is 0.933 bits per heavy atom. The number of nitrogens with one attached hydrogen (secondary N) is 1. The molecule has 2 aliphatic rings. The van der Waals surface area contributed by atoms with Gasteiger partial charge in [-0.15, -0.1) is 0 Å². The number of aromatic amines is 1. The number of oxazole rings is 1. The number of carbonyl (C=O) groups excluding carboxylic acids is 2. The number of benzene rings is 2. The number of hydrogen-bond acceptors (Lipinski definition) is 5. The van der Waals surface area contributed by atoms with Gasteiger partial charge in [-0.3, -0.25) is 14.6 Å². The first-order chi connectivity index (χ1) is 14.4. The van der Waals surface area contributed by atoms with Gasteiger partial charge < -0.3 is 19.3 Å². The van der Waals surface area contributed by atoms with E-state index in [4.69, 9.17) is 4.42 Å². The van der Waals surface area contributed by atoms with Gasteiger partial charge in [-0.1, -0.05) is 18.2 Å². The van der Waals surface area contributed by atoms with Crippen molar-refractivity contribution in [1.29, 1.82) is 0 Å². The number of aliphatic hydroxyl groups is 1. The van der Waals surface area contributed by atoms with Crippen LogP contribution in [-0.4, -0.2) is 63.5 Å². The molecule has 2 fully saturated rings. The Labute approximate surface area is 171 Å². The van der Waals surface area contributed by atoms with E-state index in [0.717, 1.165) is 11.1 Å². The highest BCUT2D eigenvalue weighted by Crippen LogP contribution is 2.37. The van der Waals surface area contributed by atoms with Crippen LogP contribution in [0.25, 0.3) is 22.2 Å². The Bertz CT molecular complexity index is 1180. The Morgan fingerprint density at radius 3 is 2.23 bits per heavy atom. The summed E-state index contributed by atoms with van der Waals surface area (Å²) in [5.74, 6) is -0.778. The van der Waals surface area contributed by atoms with Gasteiger partial charge in [0.2, 0.25) is 0 Å². The summed E-state index contributed by atoms with van der Waals surface area (Å²) in [6.07, 6.45) is 1.06. The van der Waals surface area contributed by atoms with E-state index in [9.17, 15) is 19.5 Å². The molecule has 1 aromatic heterocycles. The Kier molecular flexibility index (Phi) is 4.25. The lowest BCUT2D eigenvalue weighted by Crippen LogP contribution is -2.53. The zero-order chi connectivity index (χ0) is 20.9. The molecular weight excluding hydrogens is 386 g/mol. The number of rotatable bonds is 3. The largest absolute Gasteiger partial charge is 0.417 e. The maximum absolute atomic E-state index is 12.8. The van der Waals surface area contributed by atoms with Crippen LogP contribution in [0.4, 0.5) is 0 Å². The van der Waals surface area contributed by atoms with Crippen molar-refractivity contribution in [2.75, 3.05) is 26.2 Å². The zero-order valence-corrected chi connectivity index (χ0v) is 16.3. The van der Waals surface area contributed by atoms with Crippen molar-refractivity contribution in [3.05, 3.63) is 58.6 Å². The molecule has 5 rings (SSSR count). The van der Waals surface area contributed by atoms with Crippen molar-refractivity contribution >= 4 is 22.9 Å². The third kappa shape index (κ3) is 3.29. The Balaban J connectivity index is 1.26. The lowest BCUT2D eigenvalue weighted by molar-refractivity contribution is -0.143. The smallest absolute Gasteiger partial charge is 0.408 e. The zero-order valence-electron chi connectivity index (χ0n) is 16.3. The third-order valence-corrected chi connectivity index (χ3v) is 5.86. The molecule has 1 saturated carbocycles. The number of hydrogen-bond donors (Lipinski definition) is 2. The van der Waals surface area contributed by atoms with Crippen molar-refractivity contribution in [1.82, 2.24) is 14.8 Å². The summed E-state index contributed by atoms with van der Waals surface area (Å²) >= 11 is 0. The van der Waals surface area contributed by atoms with Gasteiger partial charge in [0, 0.05) is 31.7 Å². The van der Waals surface area contributed by atoms with E-state index in [1.54, 1.807) is 28.0 Å². The van der Waals surface area contributed by atoms with E-state index in [2.05, 4.69) is 4.98 Å². The fourth-order valence-corrected chi connectivity index (χ4v) is 3.86. The van der Waals surface area contributed by atoms with Crippen LogP contribution in [0.1, 0.15) is 23.2 Å². The molecule has 2 amide bonds. The summed E-state index contributed by atoms with van der Waals surface area (Å²) in [6, 6.07) is 12.7. The highest BCUT2D eigenvalue weighted by atomic mass is 16.4. The van der Waals surface area contributed by atoms with Crippen LogP contribution in [0.5, 0.6) is 0 Å². The van der Waals surface area contributed by atoms with Crippen molar-refractivity contribution in [3.8, 4) is 11.1 Å². The van der Waals surface area contributed by atoms with Crippen LogP contribution in [0, 0.1) is 0 Å². The third-order valence-electron chi connectivity index (χ3n) is 5.86. The molecule has 0 bridgehead atoms. The summed E-state index contributed by atoms with van der Waals surface area (Å²) in [5, 5.41) is 9.99. The molecule has 154 valence electrons. The SMILES string of the molecule is O=C(c1ccc(-c2ccc3oc(=O)[nH]c3c2)cc1)N1CCN(C(=O)C2(O)CC2)CC1. The fraction of sp³-hybridized carbons (Fsp3) is 0.318. The van der Waals surface area contributed by atoms with E-state index in [1.807, 2.05) is 24.3 Å². The normalized spacial score (nSPS) is 17.9.